The van der Waals surface area contributed by atoms with Crippen molar-refractivity contribution in [2.24, 2.45) is 0 Å². The van der Waals surface area contributed by atoms with Crippen molar-refractivity contribution >= 4 is 111 Å². The molecule has 10 nitrogen and oxygen atoms in total. The van der Waals surface area contributed by atoms with Crippen LogP contribution >= 0.6 is 22.7 Å². The van der Waals surface area contributed by atoms with Crippen LogP contribution < -0.4 is 37.3 Å². The summed E-state index contributed by atoms with van der Waals surface area (Å²) in [6.07, 6.45) is 0.945. The summed E-state index contributed by atoms with van der Waals surface area (Å²) in [6.45, 7) is 10.9. The molecule has 12 aromatic rings. The lowest BCUT2D eigenvalue weighted by Crippen LogP contribution is -2.54. The predicted octanol–water partition coefficient (Wildman–Crippen LogP) is 10.4. The molecule has 0 aliphatic rings. The van der Waals surface area contributed by atoms with Gasteiger partial charge in [0.2, 0.25) is 5.70 Å². The molecular weight excluding hydrogens is 1060 g/mol. The average Bonchev–Trinajstić information content (AvgIpc) is 4.44. The number of para-hydroxylation sites is 2. The Morgan fingerprint density at radius 1 is 0.630 bits per heavy atom. The number of hydrogen-bond donors (Lipinski definition) is 1. The molecule has 8 aromatic carbocycles. The van der Waals surface area contributed by atoms with Gasteiger partial charge in [0, 0.05) is 39.5 Å². The van der Waals surface area contributed by atoms with Crippen molar-refractivity contribution in [2.45, 2.75) is 26.2 Å². The Kier molecular flexibility index (Phi) is 14.9. The summed E-state index contributed by atoms with van der Waals surface area (Å²) in [5, 5.41) is 16.3. The normalized spacial score (nSPS) is 12.3. The van der Waals surface area contributed by atoms with Crippen molar-refractivity contribution in [2.75, 3.05) is 12.4 Å². The van der Waals surface area contributed by atoms with Crippen LogP contribution in [0.5, 0.6) is 5.75 Å². The van der Waals surface area contributed by atoms with Crippen molar-refractivity contribution in [3.8, 4) is 23.1 Å². The average molecular weight is 1110 g/mol. The SMILES string of the molecule is [C-]#[N+]/C(c1nc2ccccc2s1)=c1\c2c(Cc3cccc(OCCCCS(=O)(=O)O)c3)n(B(c3ccccc3)c3ccccc3)/c(=C(/C#N)c3nc4ccccc4s3)c2c(-c2ccccc2C)n1B(c1ccccc1)c1ccccc1. The predicted molar refractivity (Wildman–Crippen MR) is 333 cm³/mol. The summed E-state index contributed by atoms with van der Waals surface area (Å²) >= 11 is 2.97. The Balaban J connectivity index is 1.34. The van der Waals surface area contributed by atoms with Gasteiger partial charge in [-0.1, -0.05) is 204 Å². The van der Waals surface area contributed by atoms with Crippen LogP contribution in [0, 0.1) is 24.8 Å². The third-order valence-corrected chi connectivity index (χ3v) is 17.6. The van der Waals surface area contributed by atoms with E-state index in [0.29, 0.717) is 50.6 Å². The molecule has 1 N–H and O–H groups in total. The highest BCUT2D eigenvalue weighted by molar-refractivity contribution is 7.85. The third kappa shape index (κ3) is 10.5. The fraction of sp³-hybridized carbons (Fsp3) is 0.0909. The van der Waals surface area contributed by atoms with Gasteiger partial charge in [-0.2, -0.15) is 13.7 Å². The number of unbranched alkanes of at least 4 members (excludes halogenated alkanes) is 1. The molecule has 0 bridgehead atoms. The zero-order valence-electron chi connectivity index (χ0n) is 44.1. The van der Waals surface area contributed by atoms with E-state index in [4.69, 9.17) is 14.7 Å². The summed E-state index contributed by atoms with van der Waals surface area (Å²) in [4.78, 5) is 15.2. The van der Waals surface area contributed by atoms with Gasteiger partial charge in [0.05, 0.1) is 44.7 Å². The van der Waals surface area contributed by atoms with Gasteiger partial charge in [-0.05, 0) is 67.3 Å². The largest absolute Gasteiger partial charge is 0.494 e. The molecule has 0 saturated heterocycles. The summed E-state index contributed by atoms with van der Waals surface area (Å²) in [7, 11) is -4.11. The van der Waals surface area contributed by atoms with Gasteiger partial charge >= 0.3 is 13.7 Å². The maximum atomic E-state index is 12.3. The first-order chi connectivity index (χ1) is 39.7. The lowest BCUT2D eigenvalue weighted by Gasteiger charge is -2.25. The van der Waals surface area contributed by atoms with E-state index in [-0.39, 0.29) is 18.8 Å². The van der Waals surface area contributed by atoms with E-state index in [1.165, 1.54) is 22.7 Å². The standard InChI is InChI=1S/C66H50B2N6O4S3/c1-45-24-15-16-35-52(45)62-60-59(64(61(70-2)66-72-55-37-18-20-39-58(55)80-66)74(62)68(49-30-11-5-12-31-49)50-32-13-6-14-33-50)56(43-46-25-23-34-51(42-46)78-40-21-22-41-81(75,76)77)73(67(47-26-7-3-8-27-47)48-28-9-4-10-29-48)63(60)53(44-69)65-71-54-36-17-19-38-57(54)79-65/h3-20,23-39,42H,21-22,40-41,43H2,1H3,(H,75,76,77)/b63-53-,64-61+. The van der Waals surface area contributed by atoms with Gasteiger partial charge in [-0.3, -0.25) is 4.55 Å². The van der Waals surface area contributed by atoms with E-state index in [1.807, 2.05) is 121 Å². The highest BCUT2D eigenvalue weighted by atomic mass is 32.2. The fourth-order valence-corrected chi connectivity index (χ4v) is 13.7. The van der Waals surface area contributed by atoms with Crippen LogP contribution in [0.4, 0.5) is 0 Å². The van der Waals surface area contributed by atoms with Crippen molar-refractivity contribution in [3.63, 3.8) is 0 Å². The number of thiazole rings is 2. The minimum Gasteiger partial charge on any atom is -0.494 e. The second-order valence-electron chi connectivity index (χ2n) is 19.8. The topological polar surface area (TPSA) is 127 Å². The van der Waals surface area contributed by atoms with Crippen LogP contribution in [0.3, 0.4) is 0 Å². The quantitative estimate of drug-likeness (QED) is 0.0416. The van der Waals surface area contributed by atoms with E-state index in [0.717, 1.165) is 81.1 Å². The molecule has 0 amide bonds. The number of aromatic nitrogens is 4. The summed E-state index contributed by atoms with van der Waals surface area (Å²) in [5.74, 6) is 0.238. The van der Waals surface area contributed by atoms with Gasteiger partial charge in [0.15, 0.2) is 0 Å². The summed E-state index contributed by atoms with van der Waals surface area (Å²) < 4.78 is 45.6. The Morgan fingerprint density at radius 3 is 1.69 bits per heavy atom. The van der Waals surface area contributed by atoms with E-state index in [2.05, 4.69) is 124 Å². The smallest absolute Gasteiger partial charge is 0.327 e. The highest BCUT2D eigenvalue weighted by Gasteiger charge is 2.37. The Labute approximate surface area is 478 Å². The molecule has 4 aromatic heterocycles. The van der Waals surface area contributed by atoms with E-state index in [1.54, 1.807) is 0 Å². The van der Waals surface area contributed by atoms with Crippen molar-refractivity contribution in [1.29, 1.82) is 5.26 Å². The van der Waals surface area contributed by atoms with Crippen molar-refractivity contribution in [3.05, 3.63) is 267 Å². The van der Waals surface area contributed by atoms with Gasteiger partial charge < -0.3 is 13.7 Å². The minimum atomic E-state index is -4.11. The Bertz CT molecular complexity index is 4390. The molecule has 392 valence electrons. The van der Waals surface area contributed by atoms with Crippen molar-refractivity contribution < 1.29 is 17.7 Å². The third-order valence-electron chi connectivity index (χ3n) is 14.7. The molecule has 0 atom stereocenters. The van der Waals surface area contributed by atoms with E-state index >= 15 is 0 Å². The monoisotopic (exact) mass is 1110 g/mol. The summed E-state index contributed by atoms with van der Waals surface area (Å²) in [6, 6.07) is 76.7. The lowest BCUT2D eigenvalue weighted by molar-refractivity contribution is 0.309. The number of nitriles is 1. The van der Waals surface area contributed by atoms with Gasteiger partial charge in [-0.25, -0.2) is 14.8 Å². The lowest BCUT2D eigenvalue weighted by atomic mass is 9.50. The molecule has 0 radical (unpaired) electrons. The second kappa shape index (κ2) is 22.9. The minimum absolute atomic E-state index is 0.231. The number of aryl methyl sites for hydroxylation is 1. The molecule has 0 spiro atoms. The molecule has 0 aliphatic heterocycles. The zero-order chi connectivity index (χ0) is 55.5. The van der Waals surface area contributed by atoms with Crippen LogP contribution in [0.25, 0.3) is 58.6 Å². The first kappa shape index (κ1) is 52.6. The maximum absolute atomic E-state index is 12.3. The number of fused-ring (bicyclic) bond motifs is 3. The molecule has 15 heteroatoms. The zero-order valence-corrected chi connectivity index (χ0v) is 46.5. The molecule has 4 heterocycles. The molecule has 0 fully saturated rings. The fourth-order valence-electron chi connectivity index (χ4n) is 11.2. The van der Waals surface area contributed by atoms with Gasteiger partial charge in [0.25, 0.3) is 10.1 Å². The molecule has 0 unspecified atom stereocenters. The van der Waals surface area contributed by atoms with Crippen LogP contribution in [0.1, 0.15) is 39.7 Å². The molecule has 81 heavy (non-hydrogen) atoms. The number of hydrogen-bond acceptors (Lipinski definition) is 8. The number of rotatable bonds is 17. The Morgan fingerprint density at radius 2 is 1.15 bits per heavy atom. The number of ether oxygens (including phenoxy) is 1. The molecule has 0 aliphatic carbocycles. The first-order valence-corrected chi connectivity index (χ1v) is 29.9. The maximum Gasteiger partial charge on any atom is 0.327 e. The van der Waals surface area contributed by atoms with E-state index < -0.39 is 23.8 Å². The molecule has 0 saturated carbocycles. The van der Waals surface area contributed by atoms with Gasteiger partial charge in [-0.15, -0.1) is 22.7 Å². The van der Waals surface area contributed by atoms with Crippen LogP contribution in [-0.4, -0.2) is 57.9 Å². The van der Waals surface area contributed by atoms with Crippen LogP contribution in [-0.2, 0) is 16.5 Å². The first-order valence-electron chi connectivity index (χ1n) is 26.6. The van der Waals surface area contributed by atoms with E-state index in [9.17, 15) is 24.8 Å². The van der Waals surface area contributed by atoms with Crippen molar-refractivity contribution in [1.82, 2.24) is 18.9 Å². The van der Waals surface area contributed by atoms with Crippen LogP contribution in [0.15, 0.2) is 218 Å². The second-order valence-corrected chi connectivity index (χ2v) is 23.5. The Hall–Kier alpha value is -9.08. The van der Waals surface area contributed by atoms with Gasteiger partial charge in [0.1, 0.15) is 27.4 Å². The molecule has 12 rings (SSSR count). The number of nitrogens with zero attached hydrogens (tertiary/aromatic N) is 6. The summed E-state index contributed by atoms with van der Waals surface area (Å²) in [5.41, 5.74) is 10.7. The van der Waals surface area contributed by atoms with Crippen LogP contribution in [0.2, 0.25) is 0 Å². The highest BCUT2D eigenvalue weighted by Crippen LogP contribution is 2.37. The molecular formula is C66H50B2N6O4S3. The number of benzene rings is 8.